The zero-order chi connectivity index (χ0) is 17.5. The summed E-state index contributed by atoms with van der Waals surface area (Å²) in [6.45, 7) is 5.64. The molecular weight excluding hydrogens is 304 g/mol. The zero-order valence-electron chi connectivity index (χ0n) is 15.0. The fourth-order valence-electron chi connectivity index (χ4n) is 2.75. The van der Waals surface area contributed by atoms with E-state index in [4.69, 9.17) is 0 Å². The zero-order valence-corrected chi connectivity index (χ0v) is 15.0. The van der Waals surface area contributed by atoms with E-state index in [1.54, 1.807) is 0 Å². The van der Waals surface area contributed by atoms with Crippen LogP contribution in [0.1, 0.15) is 20.3 Å². The van der Waals surface area contributed by atoms with Gasteiger partial charge in [-0.2, -0.15) is 0 Å². The summed E-state index contributed by atoms with van der Waals surface area (Å²) in [5.74, 6) is 0.768. The van der Waals surface area contributed by atoms with Crippen molar-refractivity contribution < 1.29 is 4.57 Å². The second-order valence-electron chi connectivity index (χ2n) is 6.72. The van der Waals surface area contributed by atoms with Crippen LogP contribution in [0, 0.1) is 5.92 Å². The second-order valence-corrected chi connectivity index (χ2v) is 6.72. The molecule has 4 aromatic rings. The molecule has 0 radical (unpaired) electrons. The molecule has 0 amide bonds. The minimum Gasteiger partial charge on any atom is -0.264 e. The predicted molar refractivity (Wildman–Crippen MR) is 105 cm³/mol. The van der Waals surface area contributed by atoms with Gasteiger partial charge in [0.05, 0.1) is 0 Å². The van der Waals surface area contributed by atoms with E-state index in [0.29, 0.717) is 0 Å². The molecule has 0 fully saturated rings. The molecule has 0 aliphatic rings. The van der Waals surface area contributed by atoms with Crippen molar-refractivity contribution in [2.45, 2.75) is 26.8 Å². The van der Waals surface area contributed by atoms with Crippen LogP contribution in [0.25, 0.3) is 21.5 Å². The molecule has 0 saturated heterocycles. The Morgan fingerprint density at radius 3 is 2.12 bits per heavy atom. The standard InChI is InChI=1S/C14H18N.C9H7N/c1-12(2)7-9-15-10-8-13-5-3-4-6-14(13)11-15;1-2-4-9-7-10-6-5-8(9)3-1/h3-6,8,10-12H,7,9H2,1-2H3;1-7H/q+1;. The van der Waals surface area contributed by atoms with Crippen LogP contribution in [-0.2, 0) is 6.54 Å². The minimum absolute atomic E-state index is 0.768. The minimum atomic E-state index is 0.768. The van der Waals surface area contributed by atoms with Gasteiger partial charge in [0.15, 0.2) is 12.4 Å². The van der Waals surface area contributed by atoms with Gasteiger partial charge < -0.3 is 0 Å². The Hall–Kier alpha value is -2.74. The Kier molecular flexibility index (Phi) is 5.73. The molecule has 0 N–H and O–H groups in total. The number of nitrogens with zero attached hydrogens (tertiary/aromatic N) is 2. The maximum Gasteiger partial charge on any atom is 0.176 e. The van der Waals surface area contributed by atoms with E-state index in [9.17, 15) is 0 Å². The lowest BCUT2D eigenvalue weighted by atomic mass is 10.1. The Bertz CT molecular complexity index is 879. The largest absolute Gasteiger partial charge is 0.264 e. The molecule has 2 aromatic carbocycles. The average molecular weight is 329 g/mol. The molecule has 0 unspecified atom stereocenters. The van der Waals surface area contributed by atoms with E-state index in [1.165, 1.54) is 28.0 Å². The number of fused-ring (bicyclic) bond motifs is 2. The molecular formula is C23H25N2+. The van der Waals surface area contributed by atoms with Crippen molar-refractivity contribution in [3.63, 3.8) is 0 Å². The maximum atomic E-state index is 4.01. The van der Waals surface area contributed by atoms with Crippen LogP contribution in [0.4, 0.5) is 0 Å². The molecule has 2 nitrogen and oxygen atoms in total. The van der Waals surface area contributed by atoms with Gasteiger partial charge >= 0.3 is 0 Å². The third-order valence-corrected chi connectivity index (χ3v) is 4.26. The number of rotatable bonds is 3. The molecule has 2 heteroatoms. The SMILES string of the molecule is CC(C)CC[n+]1ccc2ccccc2c1.c1ccc2cnccc2c1. The van der Waals surface area contributed by atoms with Crippen molar-refractivity contribution in [3.05, 3.63) is 85.5 Å². The van der Waals surface area contributed by atoms with Crippen LogP contribution < -0.4 is 4.57 Å². The first-order valence-corrected chi connectivity index (χ1v) is 8.89. The lowest BCUT2D eigenvalue weighted by molar-refractivity contribution is -0.696. The fraction of sp³-hybridized carbons (Fsp3) is 0.217. The Morgan fingerprint density at radius 2 is 1.44 bits per heavy atom. The van der Waals surface area contributed by atoms with Gasteiger partial charge in [0, 0.05) is 30.3 Å². The first-order chi connectivity index (χ1) is 12.2. The van der Waals surface area contributed by atoms with E-state index < -0.39 is 0 Å². The van der Waals surface area contributed by atoms with E-state index in [0.717, 1.165) is 12.5 Å². The summed E-state index contributed by atoms with van der Waals surface area (Å²) in [4.78, 5) is 4.01. The fourth-order valence-corrected chi connectivity index (χ4v) is 2.75. The monoisotopic (exact) mass is 329 g/mol. The highest BCUT2D eigenvalue weighted by Gasteiger charge is 2.03. The summed E-state index contributed by atoms with van der Waals surface area (Å²) in [5, 5.41) is 5.09. The van der Waals surface area contributed by atoms with Gasteiger partial charge in [-0.1, -0.05) is 56.3 Å². The summed E-state index contributed by atoms with van der Waals surface area (Å²) >= 11 is 0. The van der Waals surface area contributed by atoms with Crippen molar-refractivity contribution in [2.24, 2.45) is 5.92 Å². The van der Waals surface area contributed by atoms with Crippen LogP contribution in [0.15, 0.2) is 85.5 Å². The molecule has 2 heterocycles. The summed E-state index contributed by atoms with van der Waals surface area (Å²) in [6.07, 6.45) is 9.32. The van der Waals surface area contributed by atoms with E-state index in [1.807, 2.05) is 30.6 Å². The van der Waals surface area contributed by atoms with Gasteiger partial charge in [0.25, 0.3) is 0 Å². The molecule has 4 rings (SSSR count). The van der Waals surface area contributed by atoms with Gasteiger partial charge in [-0.05, 0) is 34.2 Å². The summed E-state index contributed by atoms with van der Waals surface area (Å²) in [7, 11) is 0. The van der Waals surface area contributed by atoms with Crippen LogP contribution >= 0.6 is 0 Å². The third kappa shape index (κ3) is 4.87. The van der Waals surface area contributed by atoms with Crippen molar-refractivity contribution in [1.29, 1.82) is 0 Å². The molecule has 2 aromatic heterocycles. The average Bonchev–Trinajstić information content (AvgIpc) is 2.67. The van der Waals surface area contributed by atoms with Crippen molar-refractivity contribution >= 4 is 21.5 Å². The third-order valence-electron chi connectivity index (χ3n) is 4.26. The quantitative estimate of drug-likeness (QED) is 0.459. The Labute approximate surface area is 149 Å². The van der Waals surface area contributed by atoms with Gasteiger partial charge in [-0.15, -0.1) is 0 Å². The van der Waals surface area contributed by atoms with Gasteiger partial charge in [-0.25, -0.2) is 4.57 Å². The molecule has 25 heavy (non-hydrogen) atoms. The van der Waals surface area contributed by atoms with Crippen molar-refractivity contribution in [2.75, 3.05) is 0 Å². The normalized spacial score (nSPS) is 10.7. The summed E-state index contributed by atoms with van der Waals surface area (Å²) in [6, 6.07) is 20.9. The molecule has 0 bridgehead atoms. The first-order valence-electron chi connectivity index (χ1n) is 8.89. The Morgan fingerprint density at radius 1 is 0.800 bits per heavy atom. The highest BCUT2D eigenvalue weighted by Crippen LogP contribution is 2.10. The smallest absolute Gasteiger partial charge is 0.176 e. The summed E-state index contributed by atoms with van der Waals surface area (Å²) < 4.78 is 2.28. The molecule has 0 saturated carbocycles. The molecule has 0 spiro atoms. The van der Waals surface area contributed by atoms with Crippen LogP contribution in [0.5, 0.6) is 0 Å². The highest BCUT2D eigenvalue weighted by atomic mass is 14.9. The highest BCUT2D eigenvalue weighted by molar-refractivity contribution is 5.81. The van der Waals surface area contributed by atoms with Gasteiger partial charge in [0.2, 0.25) is 0 Å². The van der Waals surface area contributed by atoms with E-state index in [2.05, 4.69) is 78.3 Å². The van der Waals surface area contributed by atoms with Crippen LogP contribution in [0.3, 0.4) is 0 Å². The van der Waals surface area contributed by atoms with E-state index >= 15 is 0 Å². The van der Waals surface area contributed by atoms with Crippen LogP contribution in [-0.4, -0.2) is 4.98 Å². The number of aromatic nitrogens is 2. The number of hydrogen-bond donors (Lipinski definition) is 0. The lowest BCUT2D eigenvalue weighted by Crippen LogP contribution is -2.33. The van der Waals surface area contributed by atoms with Gasteiger partial charge in [-0.3, -0.25) is 4.98 Å². The second kappa shape index (κ2) is 8.39. The number of hydrogen-bond acceptors (Lipinski definition) is 1. The van der Waals surface area contributed by atoms with E-state index in [-0.39, 0.29) is 0 Å². The van der Waals surface area contributed by atoms with Crippen LogP contribution in [0.2, 0.25) is 0 Å². The Balaban J connectivity index is 0.000000157. The molecule has 0 aliphatic heterocycles. The van der Waals surface area contributed by atoms with Crippen molar-refractivity contribution in [3.8, 4) is 0 Å². The van der Waals surface area contributed by atoms with Crippen molar-refractivity contribution in [1.82, 2.24) is 4.98 Å². The maximum absolute atomic E-state index is 4.01. The number of pyridine rings is 2. The lowest BCUT2D eigenvalue weighted by Gasteiger charge is -2.01. The first kappa shape index (κ1) is 17.1. The molecule has 0 atom stereocenters. The number of aryl methyl sites for hydroxylation is 1. The molecule has 0 aliphatic carbocycles. The predicted octanol–water partition coefficient (Wildman–Crippen LogP) is 5.41. The topological polar surface area (TPSA) is 16.8 Å². The van der Waals surface area contributed by atoms with Gasteiger partial charge in [0.1, 0.15) is 6.54 Å². The molecule has 126 valence electrons. The summed E-state index contributed by atoms with van der Waals surface area (Å²) in [5.41, 5.74) is 0. The number of benzene rings is 2.